The van der Waals surface area contributed by atoms with Crippen LogP contribution in [0.5, 0.6) is 5.88 Å². The summed E-state index contributed by atoms with van der Waals surface area (Å²) in [5.41, 5.74) is 2.01. The molecule has 0 bridgehead atoms. The number of hydrogen-bond donors (Lipinski definition) is 2. The lowest BCUT2D eigenvalue weighted by Gasteiger charge is -2.10. The highest BCUT2D eigenvalue weighted by molar-refractivity contribution is 5.30. The van der Waals surface area contributed by atoms with Crippen molar-refractivity contribution < 1.29 is 14.6 Å². The van der Waals surface area contributed by atoms with E-state index in [2.05, 4.69) is 10.4 Å². The third kappa shape index (κ3) is 3.97. The summed E-state index contributed by atoms with van der Waals surface area (Å²) in [4.78, 5) is 0. The fraction of sp³-hybridized carbons (Fsp3) is 0.750. The van der Waals surface area contributed by atoms with Crippen LogP contribution in [0, 0.1) is 6.92 Å². The molecule has 0 aromatic carbocycles. The van der Waals surface area contributed by atoms with Crippen molar-refractivity contribution in [2.24, 2.45) is 7.05 Å². The monoisotopic (exact) mass is 257 g/mol. The topological polar surface area (TPSA) is 68.5 Å². The first-order valence-electron chi connectivity index (χ1n) is 6.04. The molecule has 1 aromatic rings. The number of aliphatic hydroxyl groups is 1. The van der Waals surface area contributed by atoms with E-state index in [4.69, 9.17) is 9.47 Å². The Kier molecular flexibility index (Phi) is 6.11. The van der Waals surface area contributed by atoms with Crippen LogP contribution in [-0.2, 0) is 18.3 Å². The molecule has 2 N–H and O–H groups in total. The van der Waals surface area contributed by atoms with E-state index >= 15 is 0 Å². The fourth-order valence-electron chi connectivity index (χ4n) is 1.90. The van der Waals surface area contributed by atoms with Gasteiger partial charge < -0.3 is 19.9 Å². The minimum atomic E-state index is -0.417. The molecule has 1 atom stereocenters. The quantitative estimate of drug-likeness (QED) is 0.652. The van der Waals surface area contributed by atoms with E-state index in [9.17, 15) is 5.11 Å². The van der Waals surface area contributed by atoms with Crippen molar-refractivity contribution >= 4 is 0 Å². The molecule has 0 aliphatic heterocycles. The van der Waals surface area contributed by atoms with Gasteiger partial charge in [-0.3, -0.25) is 0 Å². The highest BCUT2D eigenvalue weighted by Crippen LogP contribution is 2.20. The Bertz CT molecular complexity index is 366. The van der Waals surface area contributed by atoms with Gasteiger partial charge in [-0.2, -0.15) is 5.10 Å². The van der Waals surface area contributed by atoms with Crippen LogP contribution in [0.4, 0.5) is 0 Å². The van der Waals surface area contributed by atoms with E-state index in [-0.39, 0.29) is 0 Å². The first-order valence-corrected chi connectivity index (χ1v) is 6.04. The van der Waals surface area contributed by atoms with Gasteiger partial charge in [0.2, 0.25) is 5.88 Å². The van der Waals surface area contributed by atoms with Gasteiger partial charge in [-0.25, -0.2) is 4.68 Å². The number of rotatable bonds is 8. The molecule has 6 heteroatoms. The summed E-state index contributed by atoms with van der Waals surface area (Å²) in [6.07, 6.45) is 0.245. The molecule has 0 fully saturated rings. The second-order valence-electron chi connectivity index (χ2n) is 4.27. The molecule has 1 aromatic heterocycles. The SMILES string of the molecule is COCC(O)CCNCc1c(C)nn(C)c1OC. The molecule has 0 amide bonds. The molecule has 0 aliphatic rings. The highest BCUT2D eigenvalue weighted by atomic mass is 16.5. The van der Waals surface area contributed by atoms with Crippen LogP contribution in [0.1, 0.15) is 17.7 Å². The van der Waals surface area contributed by atoms with Crippen LogP contribution in [-0.4, -0.2) is 48.4 Å². The Morgan fingerprint density at radius 1 is 1.44 bits per heavy atom. The lowest BCUT2D eigenvalue weighted by molar-refractivity contribution is 0.0594. The van der Waals surface area contributed by atoms with Crippen molar-refractivity contribution in [2.45, 2.75) is 26.0 Å². The number of nitrogens with one attached hydrogen (secondary N) is 1. The predicted molar refractivity (Wildman–Crippen MR) is 68.7 cm³/mol. The molecule has 0 spiro atoms. The molecule has 0 aliphatic carbocycles. The summed E-state index contributed by atoms with van der Waals surface area (Å²) in [5, 5.41) is 17.1. The van der Waals surface area contributed by atoms with Crippen molar-refractivity contribution in [3.63, 3.8) is 0 Å². The van der Waals surface area contributed by atoms with Crippen LogP contribution in [0.15, 0.2) is 0 Å². The second kappa shape index (κ2) is 7.35. The van der Waals surface area contributed by atoms with Crippen molar-refractivity contribution in [2.75, 3.05) is 27.4 Å². The smallest absolute Gasteiger partial charge is 0.216 e. The highest BCUT2D eigenvalue weighted by Gasteiger charge is 2.13. The molecule has 0 radical (unpaired) electrons. The van der Waals surface area contributed by atoms with Crippen LogP contribution in [0.3, 0.4) is 0 Å². The van der Waals surface area contributed by atoms with Crippen molar-refractivity contribution in [3.05, 3.63) is 11.3 Å². The second-order valence-corrected chi connectivity index (χ2v) is 4.27. The molecule has 104 valence electrons. The van der Waals surface area contributed by atoms with Crippen LogP contribution in [0.25, 0.3) is 0 Å². The maximum Gasteiger partial charge on any atom is 0.216 e. The third-order valence-corrected chi connectivity index (χ3v) is 2.80. The van der Waals surface area contributed by atoms with Gasteiger partial charge in [0.25, 0.3) is 0 Å². The van der Waals surface area contributed by atoms with Crippen LogP contribution < -0.4 is 10.1 Å². The number of aliphatic hydroxyl groups excluding tert-OH is 1. The van der Waals surface area contributed by atoms with Crippen LogP contribution >= 0.6 is 0 Å². The number of methoxy groups -OCH3 is 2. The third-order valence-electron chi connectivity index (χ3n) is 2.80. The maximum atomic E-state index is 9.50. The molecule has 1 heterocycles. The van der Waals surface area contributed by atoms with Crippen molar-refractivity contribution in [1.82, 2.24) is 15.1 Å². The average Bonchev–Trinajstić information content (AvgIpc) is 2.59. The van der Waals surface area contributed by atoms with Gasteiger partial charge in [0, 0.05) is 20.7 Å². The molecule has 0 saturated carbocycles. The number of nitrogens with zero attached hydrogens (tertiary/aromatic N) is 2. The normalized spacial score (nSPS) is 12.7. The molecular weight excluding hydrogens is 234 g/mol. The lowest BCUT2D eigenvalue weighted by atomic mass is 10.2. The van der Waals surface area contributed by atoms with Gasteiger partial charge in [0.1, 0.15) is 0 Å². The average molecular weight is 257 g/mol. The number of ether oxygens (including phenoxy) is 2. The summed E-state index contributed by atoms with van der Waals surface area (Å²) in [6.45, 7) is 3.74. The van der Waals surface area contributed by atoms with Crippen molar-refractivity contribution in [1.29, 1.82) is 0 Å². The summed E-state index contributed by atoms with van der Waals surface area (Å²) in [5.74, 6) is 0.775. The Morgan fingerprint density at radius 3 is 2.78 bits per heavy atom. The zero-order valence-electron chi connectivity index (χ0n) is 11.6. The largest absolute Gasteiger partial charge is 0.481 e. The molecule has 1 rings (SSSR count). The first-order chi connectivity index (χ1) is 8.60. The summed E-state index contributed by atoms with van der Waals surface area (Å²) in [6, 6.07) is 0. The van der Waals surface area contributed by atoms with Crippen molar-refractivity contribution in [3.8, 4) is 5.88 Å². The maximum absolute atomic E-state index is 9.50. The predicted octanol–water partition coefficient (Wildman–Crippen LogP) is 0.224. The lowest BCUT2D eigenvalue weighted by Crippen LogP contribution is -2.23. The zero-order chi connectivity index (χ0) is 13.5. The Labute approximate surface area is 108 Å². The van der Waals surface area contributed by atoms with Gasteiger partial charge in [-0.1, -0.05) is 0 Å². The summed E-state index contributed by atoms with van der Waals surface area (Å²) < 4.78 is 11.9. The Hall–Kier alpha value is -1.11. The minimum absolute atomic E-state index is 0.372. The van der Waals surface area contributed by atoms with E-state index < -0.39 is 6.10 Å². The van der Waals surface area contributed by atoms with Gasteiger partial charge in [0.05, 0.1) is 31.1 Å². The van der Waals surface area contributed by atoms with Gasteiger partial charge >= 0.3 is 0 Å². The minimum Gasteiger partial charge on any atom is -0.481 e. The van der Waals surface area contributed by atoms with E-state index in [1.165, 1.54) is 0 Å². The van der Waals surface area contributed by atoms with Crippen LogP contribution in [0.2, 0.25) is 0 Å². The number of hydrogen-bond acceptors (Lipinski definition) is 5. The molecule has 6 nitrogen and oxygen atoms in total. The number of aryl methyl sites for hydroxylation is 2. The van der Waals surface area contributed by atoms with Gasteiger partial charge in [-0.05, 0) is 19.9 Å². The van der Waals surface area contributed by atoms with E-state index in [0.717, 1.165) is 23.7 Å². The number of aromatic nitrogens is 2. The van der Waals surface area contributed by atoms with E-state index in [1.54, 1.807) is 18.9 Å². The molecule has 1 unspecified atom stereocenters. The fourth-order valence-corrected chi connectivity index (χ4v) is 1.90. The van der Waals surface area contributed by atoms with Gasteiger partial charge in [0.15, 0.2) is 0 Å². The zero-order valence-corrected chi connectivity index (χ0v) is 11.6. The molecule has 0 saturated heterocycles. The molecule has 18 heavy (non-hydrogen) atoms. The molecular formula is C12H23N3O3. The van der Waals surface area contributed by atoms with Gasteiger partial charge in [-0.15, -0.1) is 0 Å². The van der Waals surface area contributed by atoms with E-state index in [1.807, 2.05) is 14.0 Å². The summed E-state index contributed by atoms with van der Waals surface area (Å²) >= 11 is 0. The first kappa shape index (κ1) is 14.9. The van der Waals surface area contributed by atoms with E-state index in [0.29, 0.717) is 19.6 Å². The summed E-state index contributed by atoms with van der Waals surface area (Å²) in [7, 11) is 5.08. The Morgan fingerprint density at radius 2 is 2.17 bits per heavy atom. The Balaban J connectivity index is 2.39. The standard InChI is InChI=1S/C12H23N3O3/c1-9-11(12(18-4)15(2)14-9)7-13-6-5-10(16)8-17-3/h10,13,16H,5-8H2,1-4H3.